The van der Waals surface area contributed by atoms with Crippen LogP contribution in [0, 0.1) is 17.7 Å². The highest BCUT2D eigenvalue weighted by Crippen LogP contribution is 2.51. The summed E-state index contributed by atoms with van der Waals surface area (Å²) in [6.07, 6.45) is 4.21. The van der Waals surface area contributed by atoms with Crippen molar-refractivity contribution in [3.8, 4) is 0 Å². The van der Waals surface area contributed by atoms with Crippen molar-refractivity contribution in [2.45, 2.75) is 37.6 Å². The molecule has 0 spiro atoms. The zero-order chi connectivity index (χ0) is 14.4. The highest BCUT2D eigenvalue weighted by Gasteiger charge is 2.48. The SMILES string of the molecule is NC1C2CCC(C2)C1c1nc(Cc2ccc(F)cc2)no1. The first kappa shape index (κ1) is 13.0. The molecule has 110 valence electrons. The molecule has 21 heavy (non-hydrogen) atoms. The Hall–Kier alpha value is -1.75. The molecular formula is C16H18FN3O. The molecule has 1 aromatic carbocycles. The fourth-order valence-electron chi connectivity index (χ4n) is 3.96. The maximum absolute atomic E-state index is 12.9. The maximum Gasteiger partial charge on any atom is 0.231 e. The smallest absolute Gasteiger partial charge is 0.231 e. The molecule has 4 unspecified atom stereocenters. The van der Waals surface area contributed by atoms with Gasteiger partial charge in [0.25, 0.3) is 0 Å². The van der Waals surface area contributed by atoms with Crippen LogP contribution in [0.3, 0.4) is 0 Å². The van der Waals surface area contributed by atoms with E-state index in [4.69, 9.17) is 10.3 Å². The van der Waals surface area contributed by atoms with Crippen molar-refractivity contribution in [2.24, 2.45) is 17.6 Å². The maximum atomic E-state index is 12.9. The van der Waals surface area contributed by atoms with E-state index in [1.807, 2.05) is 0 Å². The van der Waals surface area contributed by atoms with Crippen LogP contribution in [0.2, 0.25) is 0 Å². The van der Waals surface area contributed by atoms with Gasteiger partial charge in [0.15, 0.2) is 5.82 Å². The van der Waals surface area contributed by atoms with Gasteiger partial charge in [-0.2, -0.15) is 4.98 Å². The Balaban J connectivity index is 1.52. The van der Waals surface area contributed by atoms with Crippen LogP contribution >= 0.6 is 0 Å². The van der Waals surface area contributed by atoms with E-state index in [-0.39, 0.29) is 17.8 Å². The Bertz CT molecular complexity index is 637. The predicted octanol–water partition coefficient (Wildman–Crippen LogP) is 2.64. The number of nitrogens with zero attached hydrogens (tertiary/aromatic N) is 2. The van der Waals surface area contributed by atoms with Crippen molar-refractivity contribution in [1.29, 1.82) is 0 Å². The second-order valence-electron chi connectivity index (χ2n) is 6.29. The molecule has 0 radical (unpaired) electrons. The summed E-state index contributed by atoms with van der Waals surface area (Å²) in [5.74, 6) is 2.54. The molecule has 2 fully saturated rings. The van der Waals surface area contributed by atoms with Gasteiger partial charge in [-0.05, 0) is 48.8 Å². The first-order valence-electron chi connectivity index (χ1n) is 7.53. The number of fused-ring (bicyclic) bond motifs is 2. The summed E-state index contributed by atoms with van der Waals surface area (Å²) < 4.78 is 18.4. The van der Waals surface area contributed by atoms with E-state index in [0.29, 0.717) is 30.0 Å². The van der Waals surface area contributed by atoms with Gasteiger partial charge in [-0.25, -0.2) is 4.39 Å². The lowest BCUT2D eigenvalue weighted by atomic mass is 9.85. The van der Waals surface area contributed by atoms with E-state index < -0.39 is 0 Å². The number of aromatic nitrogens is 2. The molecule has 2 aliphatic carbocycles. The largest absolute Gasteiger partial charge is 0.339 e. The van der Waals surface area contributed by atoms with Crippen LogP contribution in [0.5, 0.6) is 0 Å². The van der Waals surface area contributed by atoms with Crippen LogP contribution in [-0.4, -0.2) is 16.2 Å². The van der Waals surface area contributed by atoms with E-state index in [2.05, 4.69) is 10.1 Å². The summed E-state index contributed by atoms with van der Waals surface area (Å²) in [5, 5.41) is 4.06. The Morgan fingerprint density at radius 3 is 2.67 bits per heavy atom. The third-order valence-electron chi connectivity index (χ3n) is 5.03. The summed E-state index contributed by atoms with van der Waals surface area (Å²) in [6.45, 7) is 0. The third-order valence-corrected chi connectivity index (χ3v) is 5.03. The second-order valence-corrected chi connectivity index (χ2v) is 6.29. The predicted molar refractivity (Wildman–Crippen MR) is 75.1 cm³/mol. The van der Waals surface area contributed by atoms with E-state index in [9.17, 15) is 4.39 Å². The molecule has 1 heterocycles. The van der Waals surface area contributed by atoms with Crippen LogP contribution in [-0.2, 0) is 6.42 Å². The monoisotopic (exact) mass is 287 g/mol. The molecule has 5 heteroatoms. The van der Waals surface area contributed by atoms with Crippen LogP contribution in [0.15, 0.2) is 28.8 Å². The molecule has 0 amide bonds. The number of hydrogen-bond acceptors (Lipinski definition) is 4. The highest BCUT2D eigenvalue weighted by molar-refractivity contribution is 5.20. The topological polar surface area (TPSA) is 64.9 Å². The zero-order valence-electron chi connectivity index (χ0n) is 11.7. The Morgan fingerprint density at radius 2 is 1.95 bits per heavy atom. The molecule has 0 aliphatic heterocycles. The molecule has 4 nitrogen and oxygen atoms in total. The molecule has 4 rings (SSSR count). The standard InChI is InChI=1S/C16H18FN3O/c17-12-5-1-9(2-6-12)7-13-19-16(21-20-13)14-10-3-4-11(8-10)15(14)18/h1-2,5-6,10-11,14-15H,3-4,7-8,18H2. The Labute approximate surface area is 122 Å². The molecule has 1 aromatic heterocycles. The fraction of sp³-hybridized carbons (Fsp3) is 0.500. The average Bonchev–Trinajstić information content (AvgIpc) is 3.17. The zero-order valence-corrected chi connectivity index (χ0v) is 11.7. The van der Waals surface area contributed by atoms with Gasteiger partial charge in [0, 0.05) is 12.5 Å². The first-order valence-corrected chi connectivity index (χ1v) is 7.53. The summed E-state index contributed by atoms with van der Waals surface area (Å²) in [4.78, 5) is 4.53. The van der Waals surface area contributed by atoms with Crippen LogP contribution < -0.4 is 5.73 Å². The Kier molecular flexibility index (Phi) is 3.03. The van der Waals surface area contributed by atoms with Gasteiger partial charge >= 0.3 is 0 Å². The lowest BCUT2D eigenvalue weighted by molar-refractivity contribution is 0.278. The molecule has 4 atom stereocenters. The van der Waals surface area contributed by atoms with Crippen molar-refractivity contribution >= 4 is 0 Å². The van der Waals surface area contributed by atoms with E-state index in [0.717, 1.165) is 5.56 Å². The van der Waals surface area contributed by atoms with Gasteiger partial charge < -0.3 is 10.3 Å². The lowest BCUT2D eigenvalue weighted by Gasteiger charge is -2.24. The molecule has 0 saturated heterocycles. The van der Waals surface area contributed by atoms with E-state index >= 15 is 0 Å². The van der Waals surface area contributed by atoms with Gasteiger partial charge in [0.2, 0.25) is 5.89 Å². The fourth-order valence-corrected chi connectivity index (χ4v) is 3.96. The number of benzene rings is 1. The van der Waals surface area contributed by atoms with Crippen LogP contribution in [0.1, 0.15) is 42.5 Å². The molecule has 2 N–H and O–H groups in total. The minimum Gasteiger partial charge on any atom is -0.339 e. The Morgan fingerprint density at radius 1 is 1.19 bits per heavy atom. The van der Waals surface area contributed by atoms with Gasteiger partial charge in [0.1, 0.15) is 5.82 Å². The van der Waals surface area contributed by atoms with E-state index in [1.165, 1.54) is 31.4 Å². The second kappa shape index (κ2) is 4.91. The number of rotatable bonds is 3. The van der Waals surface area contributed by atoms with Crippen molar-refractivity contribution in [3.05, 3.63) is 47.4 Å². The molecular weight excluding hydrogens is 269 g/mol. The highest BCUT2D eigenvalue weighted by atomic mass is 19.1. The molecule has 2 aromatic rings. The lowest BCUT2D eigenvalue weighted by Crippen LogP contribution is -2.34. The van der Waals surface area contributed by atoms with Crippen molar-refractivity contribution < 1.29 is 8.91 Å². The molecule has 2 bridgehead atoms. The summed E-state index contributed by atoms with van der Waals surface area (Å²) >= 11 is 0. The molecule has 2 saturated carbocycles. The quantitative estimate of drug-likeness (QED) is 0.942. The van der Waals surface area contributed by atoms with Crippen molar-refractivity contribution in [2.75, 3.05) is 0 Å². The van der Waals surface area contributed by atoms with Crippen LogP contribution in [0.25, 0.3) is 0 Å². The van der Waals surface area contributed by atoms with Crippen molar-refractivity contribution in [1.82, 2.24) is 10.1 Å². The third kappa shape index (κ3) is 2.25. The van der Waals surface area contributed by atoms with E-state index in [1.54, 1.807) is 12.1 Å². The molecule has 2 aliphatic rings. The first-order chi connectivity index (χ1) is 10.2. The van der Waals surface area contributed by atoms with Crippen LogP contribution in [0.4, 0.5) is 4.39 Å². The summed E-state index contributed by atoms with van der Waals surface area (Å²) in [5.41, 5.74) is 7.28. The number of halogens is 1. The summed E-state index contributed by atoms with van der Waals surface area (Å²) in [6, 6.07) is 6.54. The van der Waals surface area contributed by atoms with Crippen molar-refractivity contribution in [3.63, 3.8) is 0 Å². The van der Waals surface area contributed by atoms with Gasteiger partial charge in [-0.3, -0.25) is 0 Å². The average molecular weight is 287 g/mol. The number of hydrogen-bond donors (Lipinski definition) is 1. The minimum absolute atomic E-state index is 0.155. The minimum atomic E-state index is -0.236. The van der Waals surface area contributed by atoms with Gasteiger partial charge in [-0.1, -0.05) is 17.3 Å². The normalized spacial score (nSPS) is 31.0. The summed E-state index contributed by atoms with van der Waals surface area (Å²) in [7, 11) is 0. The van der Waals surface area contributed by atoms with Gasteiger partial charge in [0.05, 0.1) is 5.92 Å². The van der Waals surface area contributed by atoms with Gasteiger partial charge in [-0.15, -0.1) is 0 Å². The number of nitrogens with two attached hydrogens (primary N) is 1.